The van der Waals surface area contributed by atoms with Gasteiger partial charge < -0.3 is 19.3 Å². The van der Waals surface area contributed by atoms with Crippen LogP contribution < -0.4 is 9.80 Å². The Balaban J connectivity index is 1.62. The zero-order chi connectivity index (χ0) is 24.1. The van der Waals surface area contributed by atoms with E-state index < -0.39 is 18.0 Å². The maximum atomic E-state index is 13.3. The molecule has 2 heterocycles. The minimum atomic E-state index is -1.22. The second kappa shape index (κ2) is 10.4. The van der Waals surface area contributed by atoms with Crippen LogP contribution in [-0.2, 0) is 14.3 Å². The molecule has 2 aromatic carbocycles. The van der Waals surface area contributed by atoms with Crippen LogP contribution in [0.2, 0.25) is 0 Å². The van der Waals surface area contributed by atoms with Gasteiger partial charge in [-0.2, -0.15) is 5.26 Å². The lowest BCUT2D eigenvalue weighted by atomic mass is 10.1. The van der Waals surface area contributed by atoms with Crippen molar-refractivity contribution < 1.29 is 18.7 Å². The van der Waals surface area contributed by atoms with Gasteiger partial charge in [0.1, 0.15) is 17.6 Å². The van der Waals surface area contributed by atoms with E-state index >= 15 is 0 Å². The van der Waals surface area contributed by atoms with Crippen LogP contribution in [0.3, 0.4) is 0 Å². The lowest BCUT2D eigenvalue weighted by molar-refractivity contribution is -0.150. The maximum Gasteiger partial charge on any atom is 0.330 e. The minimum absolute atomic E-state index is 0.228. The molecule has 1 saturated heterocycles. The Morgan fingerprint density at radius 3 is 2.29 bits per heavy atom. The number of para-hydroxylation sites is 2. The molecule has 8 nitrogen and oxygen atoms in total. The average molecular weight is 464 g/mol. The fourth-order valence-corrected chi connectivity index (χ4v) is 4.02. The van der Waals surface area contributed by atoms with E-state index in [2.05, 4.69) is 16.0 Å². The predicted octanol–water partition coefficient (Wildman–Crippen LogP) is 3.28. The number of piperazine rings is 1. The third-order valence-corrected chi connectivity index (χ3v) is 5.71. The summed E-state index contributed by atoms with van der Waals surface area (Å²) in [4.78, 5) is 26.5. The number of rotatable bonds is 7. The smallest absolute Gasteiger partial charge is 0.330 e. The van der Waals surface area contributed by atoms with Crippen molar-refractivity contribution in [3.8, 4) is 6.07 Å². The summed E-state index contributed by atoms with van der Waals surface area (Å²) in [7, 11) is 1.52. The van der Waals surface area contributed by atoms with Gasteiger partial charge in [-0.1, -0.05) is 12.1 Å². The molecule has 4 rings (SSSR count). The van der Waals surface area contributed by atoms with E-state index in [4.69, 9.17) is 14.5 Å². The van der Waals surface area contributed by atoms with Crippen molar-refractivity contribution >= 4 is 28.5 Å². The molecule has 1 aliphatic rings. The third kappa shape index (κ3) is 5.07. The van der Waals surface area contributed by atoms with Gasteiger partial charge in [-0.3, -0.25) is 4.79 Å². The quantitative estimate of drug-likeness (QED) is 0.493. The number of methoxy groups -OCH3 is 1. The lowest BCUT2D eigenvalue weighted by Crippen LogP contribution is -2.47. The molecular weight excluding hydrogens is 437 g/mol. The van der Waals surface area contributed by atoms with Crippen LogP contribution in [0.5, 0.6) is 0 Å². The number of hydrogen-bond donors (Lipinski definition) is 0. The number of fused-ring (bicyclic) bond motifs is 1. The van der Waals surface area contributed by atoms with Crippen molar-refractivity contribution in [1.82, 2.24) is 9.97 Å². The molecule has 0 bridgehead atoms. The summed E-state index contributed by atoms with van der Waals surface area (Å²) in [5, 5.41) is 9.89. The molecule has 0 N–H and O–H groups in total. The summed E-state index contributed by atoms with van der Waals surface area (Å²) >= 11 is 0. The fourth-order valence-electron chi connectivity index (χ4n) is 4.02. The highest BCUT2D eigenvalue weighted by atomic mass is 19.1. The Morgan fingerprint density at radius 1 is 1.06 bits per heavy atom. The van der Waals surface area contributed by atoms with E-state index in [1.165, 1.54) is 19.2 Å². The molecule has 0 aliphatic carbocycles. The second-order valence-electron chi connectivity index (χ2n) is 8.14. The average Bonchev–Trinajstić information content (AvgIpc) is 2.85. The van der Waals surface area contributed by atoms with E-state index in [1.54, 1.807) is 25.1 Å². The number of hydrogen-bond acceptors (Lipinski definition) is 8. The largest absolute Gasteiger partial charge is 0.459 e. The summed E-state index contributed by atoms with van der Waals surface area (Å²) in [5.74, 6) is -1.67. The molecular formula is C25H26FN5O3. The van der Waals surface area contributed by atoms with E-state index in [9.17, 15) is 14.4 Å². The van der Waals surface area contributed by atoms with E-state index in [-0.39, 0.29) is 18.1 Å². The Bertz CT molecular complexity index is 1190. The number of nitriles is 1. The van der Waals surface area contributed by atoms with Gasteiger partial charge in [-0.15, -0.1) is 0 Å². The molecule has 0 amide bonds. The number of esters is 1. The summed E-state index contributed by atoms with van der Waals surface area (Å²) < 4.78 is 23.7. The summed E-state index contributed by atoms with van der Waals surface area (Å²) in [6, 6.07) is 15.8. The first-order chi connectivity index (χ1) is 16.5. The van der Waals surface area contributed by atoms with Crippen molar-refractivity contribution in [3.63, 3.8) is 0 Å². The normalized spacial score (nSPS) is 15.6. The molecule has 1 fully saturated rings. The Morgan fingerprint density at radius 2 is 1.68 bits per heavy atom. The molecule has 3 aromatic rings. The van der Waals surface area contributed by atoms with Gasteiger partial charge in [-0.05, 0) is 43.3 Å². The molecule has 34 heavy (non-hydrogen) atoms. The Hall–Kier alpha value is -3.77. The topological polar surface area (TPSA) is 91.6 Å². The van der Waals surface area contributed by atoms with Crippen molar-refractivity contribution in [2.24, 2.45) is 0 Å². The van der Waals surface area contributed by atoms with Crippen molar-refractivity contribution in [3.05, 3.63) is 60.0 Å². The van der Waals surface area contributed by atoms with Crippen LogP contribution in [-0.4, -0.2) is 61.9 Å². The van der Waals surface area contributed by atoms with Gasteiger partial charge in [0, 0.05) is 39.0 Å². The fraction of sp³-hybridized carbons (Fsp3) is 0.360. The number of carbonyl (C=O) groups is 1. The highest BCUT2D eigenvalue weighted by molar-refractivity contribution is 5.85. The zero-order valence-electron chi connectivity index (χ0n) is 19.1. The standard InChI is InChI=1S/C25H26FN5O3/c1-17(16-33-2)34-25(32)20(15-27)23-24(29-22-6-4-3-5-21(22)28-23)31-13-11-30(12-14-31)19-9-7-18(26)8-10-19/h3-10,17,20H,11-14,16H2,1-2H3/t17-,20+/m1/s1. The summed E-state index contributed by atoms with van der Waals surface area (Å²) in [5.41, 5.74) is 2.51. The molecule has 176 valence electrons. The maximum absolute atomic E-state index is 13.3. The van der Waals surface area contributed by atoms with Crippen LogP contribution in [0.4, 0.5) is 15.9 Å². The monoisotopic (exact) mass is 463 g/mol. The zero-order valence-corrected chi connectivity index (χ0v) is 19.1. The predicted molar refractivity (Wildman–Crippen MR) is 126 cm³/mol. The molecule has 2 atom stereocenters. The van der Waals surface area contributed by atoms with Gasteiger partial charge in [-0.25, -0.2) is 14.4 Å². The number of aromatic nitrogens is 2. The first-order valence-electron chi connectivity index (χ1n) is 11.1. The molecule has 0 radical (unpaired) electrons. The Kier molecular flexibility index (Phi) is 7.18. The number of benzene rings is 2. The number of carbonyl (C=O) groups excluding carboxylic acids is 1. The van der Waals surface area contributed by atoms with Crippen LogP contribution in [0.25, 0.3) is 11.0 Å². The second-order valence-corrected chi connectivity index (χ2v) is 8.14. The molecule has 1 aliphatic heterocycles. The van der Waals surface area contributed by atoms with Gasteiger partial charge in [0.05, 0.1) is 23.7 Å². The summed E-state index contributed by atoms with van der Waals surface area (Å²) in [6.45, 7) is 4.48. The minimum Gasteiger partial charge on any atom is -0.459 e. The van der Waals surface area contributed by atoms with E-state index in [0.29, 0.717) is 43.0 Å². The van der Waals surface area contributed by atoms with Crippen molar-refractivity contribution in [2.75, 3.05) is 49.7 Å². The van der Waals surface area contributed by atoms with E-state index in [0.717, 1.165) is 5.69 Å². The molecule has 1 aromatic heterocycles. The number of halogens is 1. The number of ether oxygens (including phenoxy) is 2. The van der Waals surface area contributed by atoms with Gasteiger partial charge in [0.15, 0.2) is 11.7 Å². The first-order valence-corrected chi connectivity index (χ1v) is 11.1. The summed E-state index contributed by atoms with van der Waals surface area (Å²) in [6.07, 6.45) is -0.496. The highest BCUT2D eigenvalue weighted by Gasteiger charge is 2.32. The third-order valence-electron chi connectivity index (χ3n) is 5.71. The van der Waals surface area contributed by atoms with Gasteiger partial charge >= 0.3 is 5.97 Å². The molecule has 0 saturated carbocycles. The highest BCUT2D eigenvalue weighted by Crippen LogP contribution is 2.29. The van der Waals surface area contributed by atoms with E-state index in [1.807, 2.05) is 23.1 Å². The molecule has 0 spiro atoms. The first kappa shape index (κ1) is 23.4. The van der Waals surface area contributed by atoms with Crippen molar-refractivity contribution in [2.45, 2.75) is 18.9 Å². The number of anilines is 2. The SMILES string of the molecule is COC[C@@H](C)OC(=O)[C@@H](C#N)c1nc2ccccc2nc1N1CCN(c2ccc(F)cc2)CC1. The molecule has 9 heteroatoms. The van der Waals surface area contributed by atoms with Gasteiger partial charge in [0.25, 0.3) is 0 Å². The van der Waals surface area contributed by atoms with Gasteiger partial charge in [0.2, 0.25) is 0 Å². The van der Waals surface area contributed by atoms with Crippen LogP contribution in [0, 0.1) is 17.1 Å². The van der Waals surface area contributed by atoms with Crippen LogP contribution in [0.1, 0.15) is 18.5 Å². The van der Waals surface area contributed by atoms with Crippen molar-refractivity contribution in [1.29, 1.82) is 5.26 Å². The Labute approximate surface area is 197 Å². The molecule has 0 unspecified atom stereocenters. The van der Waals surface area contributed by atoms with Crippen LogP contribution >= 0.6 is 0 Å². The lowest BCUT2D eigenvalue weighted by Gasteiger charge is -2.37. The number of nitrogens with zero attached hydrogens (tertiary/aromatic N) is 5. The van der Waals surface area contributed by atoms with Crippen LogP contribution in [0.15, 0.2) is 48.5 Å².